The third kappa shape index (κ3) is 3.98. The largest absolute Gasteiger partial charge is 0.486 e. The minimum absolute atomic E-state index is 0.173. The predicted molar refractivity (Wildman–Crippen MR) is 92.4 cm³/mol. The summed E-state index contributed by atoms with van der Waals surface area (Å²) in [6.07, 6.45) is 1.52. The van der Waals surface area contributed by atoms with Gasteiger partial charge in [-0.1, -0.05) is 19.1 Å². The summed E-state index contributed by atoms with van der Waals surface area (Å²) >= 11 is 1.58. The maximum Gasteiger partial charge on any atom is 0.325 e. The van der Waals surface area contributed by atoms with Gasteiger partial charge in [0.05, 0.1) is 0 Å². The summed E-state index contributed by atoms with van der Waals surface area (Å²) in [5, 5.41) is 0.173. The Bertz CT molecular complexity index is 655. The van der Waals surface area contributed by atoms with Crippen LogP contribution >= 0.6 is 11.8 Å². The van der Waals surface area contributed by atoms with Gasteiger partial charge in [-0.15, -0.1) is 0 Å². The van der Waals surface area contributed by atoms with E-state index in [1.54, 1.807) is 17.8 Å². The molecule has 0 radical (unpaired) electrons. The molecule has 24 heavy (non-hydrogen) atoms. The maximum absolute atomic E-state index is 12.3. The van der Waals surface area contributed by atoms with Crippen molar-refractivity contribution in [3.63, 3.8) is 0 Å². The monoisotopic (exact) mass is 350 g/mol. The zero-order chi connectivity index (χ0) is 17.9. The lowest BCUT2D eigenvalue weighted by atomic mass is 9.97. The average Bonchev–Trinajstić information content (AvgIpc) is 2.82. The molecule has 1 fully saturated rings. The summed E-state index contributed by atoms with van der Waals surface area (Å²) in [6, 6.07) is 5.53. The lowest BCUT2D eigenvalue weighted by molar-refractivity contribution is -0.147. The molecule has 1 aliphatic rings. The number of ether oxygens (including phenoxy) is 2. The van der Waals surface area contributed by atoms with Crippen molar-refractivity contribution in [2.75, 3.05) is 12.9 Å². The molecule has 3 unspecified atom stereocenters. The Kier molecular flexibility index (Phi) is 6.04. The standard InChI is InChI=1S/C18H22O5S/c1-10-6-5-7-14(12(10)3)22-9-13(19)16-17(20)15(23-18(16)21)8-11(2)24-4/h5-7,11,15-16H,8-9H2,1-4H3. The summed E-state index contributed by atoms with van der Waals surface area (Å²) in [4.78, 5) is 36.5. The number of thioether (sulfide) groups is 1. The van der Waals surface area contributed by atoms with E-state index < -0.39 is 29.6 Å². The summed E-state index contributed by atoms with van der Waals surface area (Å²) < 4.78 is 10.6. The molecule has 2 rings (SSSR count). The van der Waals surface area contributed by atoms with E-state index >= 15 is 0 Å². The summed E-state index contributed by atoms with van der Waals surface area (Å²) in [5.41, 5.74) is 1.97. The molecule has 0 N–H and O–H groups in total. The van der Waals surface area contributed by atoms with Crippen LogP contribution in [0.1, 0.15) is 24.5 Å². The molecular weight excluding hydrogens is 328 g/mol. The Labute approximate surface area is 146 Å². The maximum atomic E-state index is 12.3. The van der Waals surface area contributed by atoms with E-state index in [4.69, 9.17) is 9.47 Å². The first kappa shape index (κ1) is 18.5. The SMILES string of the molecule is CSC(C)CC1OC(=O)C(C(=O)COc2cccc(C)c2C)C1=O. The second kappa shape index (κ2) is 7.83. The minimum atomic E-state index is -1.35. The Balaban J connectivity index is 2.00. The first-order valence-corrected chi connectivity index (χ1v) is 9.12. The number of hydrogen-bond donors (Lipinski definition) is 0. The molecule has 1 aliphatic heterocycles. The van der Waals surface area contributed by atoms with Gasteiger partial charge in [0.1, 0.15) is 12.4 Å². The van der Waals surface area contributed by atoms with Crippen LogP contribution in [-0.4, -0.2) is 41.8 Å². The Morgan fingerprint density at radius 2 is 2.04 bits per heavy atom. The molecule has 0 spiro atoms. The Morgan fingerprint density at radius 1 is 1.33 bits per heavy atom. The first-order chi connectivity index (χ1) is 11.3. The molecule has 1 heterocycles. The van der Waals surface area contributed by atoms with Gasteiger partial charge in [-0.25, -0.2) is 0 Å². The van der Waals surface area contributed by atoms with Crippen molar-refractivity contribution in [1.29, 1.82) is 0 Å². The van der Waals surface area contributed by atoms with E-state index in [0.717, 1.165) is 11.1 Å². The van der Waals surface area contributed by atoms with E-state index in [1.165, 1.54) is 0 Å². The number of carbonyl (C=O) groups excluding carboxylic acids is 3. The Hall–Kier alpha value is -1.82. The highest BCUT2D eigenvalue weighted by Crippen LogP contribution is 2.26. The molecule has 0 bridgehead atoms. The van der Waals surface area contributed by atoms with Crippen LogP contribution in [0, 0.1) is 19.8 Å². The normalized spacial score (nSPS) is 21.5. The molecule has 130 valence electrons. The second-order valence-electron chi connectivity index (χ2n) is 6.00. The summed E-state index contributed by atoms with van der Waals surface area (Å²) in [5.74, 6) is -2.53. The molecule has 0 saturated carbocycles. The van der Waals surface area contributed by atoms with Gasteiger partial charge in [0.25, 0.3) is 0 Å². The number of Topliss-reactive ketones (excluding diaryl/α,β-unsaturated/α-hetero) is 2. The van der Waals surface area contributed by atoms with Gasteiger partial charge >= 0.3 is 5.97 Å². The second-order valence-corrected chi connectivity index (χ2v) is 7.27. The number of hydrogen-bond acceptors (Lipinski definition) is 6. The van der Waals surface area contributed by atoms with E-state index in [9.17, 15) is 14.4 Å². The van der Waals surface area contributed by atoms with Crippen molar-refractivity contribution in [2.24, 2.45) is 5.92 Å². The van der Waals surface area contributed by atoms with Crippen molar-refractivity contribution in [2.45, 2.75) is 38.5 Å². The van der Waals surface area contributed by atoms with Crippen LogP contribution in [0.25, 0.3) is 0 Å². The number of aryl methyl sites for hydroxylation is 1. The highest BCUT2D eigenvalue weighted by atomic mass is 32.2. The fourth-order valence-electron chi connectivity index (χ4n) is 2.53. The van der Waals surface area contributed by atoms with E-state index in [-0.39, 0.29) is 11.9 Å². The van der Waals surface area contributed by atoms with Crippen LogP contribution in [0.5, 0.6) is 5.75 Å². The number of benzene rings is 1. The fraction of sp³-hybridized carbons (Fsp3) is 0.500. The van der Waals surface area contributed by atoms with Gasteiger partial charge in [0.2, 0.25) is 0 Å². The highest BCUT2D eigenvalue weighted by Gasteiger charge is 2.47. The van der Waals surface area contributed by atoms with Gasteiger partial charge in [0.15, 0.2) is 23.6 Å². The molecule has 1 aromatic rings. The van der Waals surface area contributed by atoms with Gasteiger partial charge in [-0.2, -0.15) is 11.8 Å². The van der Waals surface area contributed by atoms with Gasteiger partial charge in [-0.05, 0) is 37.3 Å². The molecule has 5 nitrogen and oxygen atoms in total. The third-order valence-electron chi connectivity index (χ3n) is 4.29. The number of cyclic esters (lactones) is 1. The smallest absolute Gasteiger partial charge is 0.325 e. The first-order valence-electron chi connectivity index (χ1n) is 7.84. The highest BCUT2D eigenvalue weighted by molar-refractivity contribution is 7.99. The van der Waals surface area contributed by atoms with Gasteiger partial charge in [-0.3, -0.25) is 14.4 Å². The molecule has 6 heteroatoms. The average molecular weight is 350 g/mol. The van der Waals surface area contributed by atoms with Gasteiger partial charge in [0, 0.05) is 11.7 Å². The van der Waals surface area contributed by atoms with Crippen LogP contribution in [0.2, 0.25) is 0 Å². The number of rotatable bonds is 7. The molecule has 1 aromatic carbocycles. The topological polar surface area (TPSA) is 69.7 Å². The van der Waals surface area contributed by atoms with Crippen LogP contribution in [0.4, 0.5) is 0 Å². The number of ketones is 2. The molecular formula is C18H22O5S. The molecule has 0 amide bonds. The van der Waals surface area contributed by atoms with E-state index in [1.807, 2.05) is 39.2 Å². The fourth-order valence-corrected chi connectivity index (χ4v) is 2.90. The molecule has 1 saturated heterocycles. The zero-order valence-corrected chi connectivity index (χ0v) is 15.1. The van der Waals surface area contributed by atoms with Crippen molar-refractivity contribution in [3.8, 4) is 5.75 Å². The third-order valence-corrected chi connectivity index (χ3v) is 5.29. The lowest BCUT2D eigenvalue weighted by Crippen LogP contribution is -2.32. The molecule has 0 aromatic heterocycles. The van der Waals surface area contributed by atoms with Gasteiger partial charge < -0.3 is 9.47 Å². The minimum Gasteiger partial charge on any atom is -0.486 e. The van der Waals surface area contributed by atoms with Crippen LogP contribution in [0.15, 0.2) is 18.2 Å². The van der Waals surface area contributed by atoms with Crippen molar-refractivity contribution >= 4 is 29.3 Å². The zero-order valence-electron chi connectivity index (χ0n) is 14.3. The van der Waals surface area contributed by atoms with Crippen molar-refractivity contribution in [1.82, 2.24) is 0 Å². The van der Waals surface area contributed by atoms with Crippen LogP contribution in [-0.2, 0) is 19.1 Å². The van der Waals surface area contributed by atoms with Crippen LogP contribution < -0.4 is 4.74 Å². The number of carbonyl (C=O) groups is 3. The predicted octanol–water partition coefficient (Wildman–Crippen LogP) is 2.50. The molecule has 3 atom stereocenters. The van der Waals surface area contributed by atoms with Crippen molar-refractivity contribution in [3.05, 3.63) is 29.3 Å². The van der Waals surface area contributed by atoms with Crippen molar-refractivity contribution < 1.29 is 23.9 Å². The quantitative estimate of drug-likeness (QED) is 0.556. The van der Waals surface area contributed by atoms with E-state index in [2.05, 4.69) is 0 Å². The van der Waals surface area contributed by atoms with E-state index in [0.29, 0.717) is 12.2 Å². The lowest BCUT2D eigenvalue weighted by Gasteiger charge is -2.12. The molecule has 0 aliphatic carbocycles. The number of esters is 1. The summed E-state index contributed by atoms with van der Waals surface area (Å²) in [6.45, 7) is 5.47. The van der Waals surface area contributed by atoms with Crippen LogP contribution in [0.3, 0.4) is 0 Å². The Morgan fingerprint density at radius 3 is 2.71 bits per heavy atom. The summed E-state index contributed by atoms with van der Waals surface area (Å²) in [7, 11) is 0.